The molecule has 8 heteroatoms. The molecule has 2 amide bonds. The fraction of sp³-hybridized carbons (Fsp3) is 0.346. The van der Waals surface area contributed by atoms with E-state index in [9.17, 15) is 14.4 Å². The topological polar surface area (TPSA) is 110 Å². The summed E-state index contributed by atoms with van der Waals surface area (Å²) in [6.07, 6.45) is 4.62. The molecule has 4 rings (SSSR count). The molecule has 178 valence electrons. The van der Waals surface area contributed by atoms with E-state index < -0.39 is 5.97 Å². The highest BCUT2D eigenvalue weighted by atomic mass is 16.5. The second kappa shape index (κ2) is 10.4. The number of hydrogen-bond acceptors (Lipinski definition) is 4. The Morgan fingerprint density at radius 3 is 2.18 bits per heavy atom. The summed E-state index contributed by atoms with van der Waals surface area (Å²) < 4.78 is 7.94. The highest BCUT2D eigenvalue weighted by Gasteiger charge is 2.26. The van der Waals surface area contributed by atoms with Crippen LogP contribution in [-0.4, -0.2) is 46.7 Å². The second-order valence-corrected chi connectivity index (χ2v) is 8.67. The Morgan fingerprint density at radius 2 is 1.53 bits per heavy atom. The average molecular weight is 464 g/mol. The van der Waals surface area contributed by atoms with Crippen LogP contribution >= 0.6 is 0 Å². The lowest BCUT2D eigenvalue weighted by atomic mass is 9.87. The summed E-state index contributed by atoms with van der Waals surface area (Å²) in [4.78, 5) is 35.8. The van der Waals surface area contributed by atoms with Crippen LogP contribution < -0.4 is 15.4 Å². The predicted molar refractivity (Wildman–Crippen MR) is 128 cm³/mol. The van der Waals surface area contributed by atoms with Crippen LogP contribution in [0.1, 0.15) is 46.4 Å². The summed E-state index contributed by atoms with van der Waals surface area (Å²) in [5, 5.41) is 15.7. The van der Waals surface area contributed by atoms with Gasteiger partial charge in [0.2, 0.25) is 0 Å². The number of hydrogen-bond donors (Lipinski definition) is 3. The van der Waals surface area contributed by atoms with Gasteiger partial charge in [0.15, 0.2) is 0 Å². The van der Waals surface area contributed by atoms with Gasteiger partial charge < -0.3 is 25.0 Å². The van der Waals surface area contributed by atoms with E-state index in [1.165, 1.54) is 0 Å². The van der Waals surface area contributed by atoms with Crippen LogP contribution in [0.3, 0.4) is 0 Å². The van der Waals surface area contributed by atoms with Crippen molar-refractivity contribution in [2.45, 2.75) is 31.8 Å². The van der Waals surface area contributed by atoms with E-state index >= 15 is 0 Å². The quantitative estimate of drug-likeness (QED) is 0.444. The molecule has 0 unspecified atom stereocenters. The van der Waals surface area contributed by atoms with Gasteiger partial charge in [-0.3, -0.25) is 14.4 Å². The Morgan fingerprint density at radius 1 is 0.912 bits per heavy atom. The van der Waals surface area contributed by atoms with Crippen molar-refractivity contribution < 1.29 is 24.2 Å². The van der Waals surface area contributed by atoms with Crippen molar-refractivity contribution in [3.05, 3.63) is 65.9 Å². The molecule has 1 aliphatic rings. The molecule has 3 aromatic rings. The third-order valence-corrected chi connectivity index (χ3v) is 6.29. The number of aryl methyl sites for hydroxylation is 1. The zero-order chi connectivity index (χ0) is 24.1. The Balaban J connectivity index is 1.19. The van der Waals surface area contributed by atoms with Crippen molar-refractivity contribution in [1.29, 1.82) is 0 Å². The molecular formula is C26H29N3O5. The zero-order valence-corrected chi connectivity index (χ0v) is 19.1. The molecule has 0 saturated heterocycles. The van der Waals surface area contributed by atoms with Gasteiger partial charge >= 0.3 is 5.97 Å². The maximum absolute atomic E-state index is 12.4. The van der Waals surface area contributed by atoms with Crippen LogP contribution in [0, 0.1) is 5.92 Å². The fourth-order valence-corrected chi connectivity index (χ4v) is 4.28. The molecular weight excluding hydrogens is 434 g/mol. The number of carbonyl (C=O) groups is 3. The van der Waals surface area contributed by atoms with Crippen molar-refractivity contribution in [2.24, 2.45) is 13.0 Å². The van der Waals surface area contributed by atoms with Crippen LogP contribution in [0.15, 0.2) is 54.7 Å². The number of carboxylic acids is 1. The number of carboxylic acid groups (broad SMARTS) is 1. The molecule has 0 spiro atoms. The smallest absolute Gasteiger partial charge is 0.306 e. The Labute approximate surface area is 197 Å². The molecule has 34 heavy (non-hydrogen) atoms. The second-order valence-electron chi connectivity index (χ2n) is 8.67. The first-order valence-corrected chi connectivity index (χ1v) is 11.5. The molecule has 1 aromatic heterocycles. The molecule has 0 radical (unpaired) electrons. The summed E-state index contributed by atoms with van der Waals surface area (Å²) in [5.41, 5.74) is 2.14. The number of ether oxygens (including phenoxy) is 1. The highest BCUT2D eigenvalue weighted by Crippen LogP contribution is 2.28. The molecule has 0 atom stereocenters. The van der Waals surface area contributed by atoms with Gasteiger partial charge in [-0.2, -0.15) is 0 Å². The summed E-state index contributed by atoms with van der Waals surface area (Å²) in [6.45, 7) is 0.626. The lowest BCUT2D eigenvalue weighted by Gasteiger charge is -2.26. The molecule has 2 aromatic carbocycles. The van der Waals surface area contributed by atoms with Crippen LogP contribution in [0.4, 0.5) is 0 Å². The first-order chi connectivity index (χ1) is 16.4. The number of benzene rings is 2. The van der Waals surface area contributed by atoms with Gasteiger partial charge in [0, 0.05) is 48.4 Å². The Bertz CT molecular complexity index is 1180. The van der Waals surface area contributed by atoms with Crippen molar-refractivity contribution >= 4 is 28.7 Å². The molecule has 1 heterocycles. The lowest BCUT2D eigenvalue weighted by molar-refractivity contribution is -0.143. The van der Waals surface area contributed by atoms with E-state index in [0.717, 1.165) is 10.9 Å². The Hall–Kier alpha value is -3.81. The van der Waals surface area contributed by atoms with Gasteiger partial charge in [0.05, 0.1) is 12.0 Å². The average Bonchev–Trinajstić information content (AvgIpc) is 3.22. The van der Waals surface area contributed by atoms with Crippen molar-refractivity contribution in [3.8, 4) is 5.75 Å². The number of amides is 2. The summed E-state index contributed by atoms with van der Waals surface area (Å²) in [5.74, 6) is -0.754. The number of fused-ring (bicyclic) bond motifs is 1. The zero-order valence-electron chi connectivity index (χ0n) is 19.1. The van der Waals surface area contributed by atoms with E-state index in [0.29, 0.717) is 55.6 Å². The van der Waals surface area contributed by atoms with Gasteiger partial charge in [0.1, 0.15) is 5.75 Å². The van der Waals surface area contributed by atoms with Crippen molar-refractivity contribution in [2.75, 3.05) is 13.1 Å². The monoisotopic (exact) mass is 463 g/mol. The minimum atomic E-state index is -0.734. The molecule has 3 N–H and O–H groups in total. The fourth-order valence-electron chi connectivity index (χ4n) is 4.28. The van der Waals surface area contributed by atoms with Crippen molar-refractivity contribution in [3.63, 3.8) is 0 Å². The number of aromatic nitrogens is 1. The van der Waals surface area contributed by atoms with E-state index in [2.05, 4.69) is 10.6 Å². The van der Waals surface area contributed by atoms with E-state index in [-0.39, 0.29) is 23.8 Å². The minimum absolute atomic E-state index is 0.00138. The van der Waals surface area contributed by atoms with Crippen LogP contribution in [-0.2, 0) is 11.8 Å². The number of nitrogens with zero attached hydrogens (tertiary/aromatic N) is 1. The standard InChI is InChI=1S/C26H29N3O5/c1-29-15-12-19-16-20(6-11-23(19)29)25(31)28-14-13-27-24(30)17-2-7-21(8-3-17)34-22-9-4-18(5-10-22)26(32)33/h2-3,6-8,11-12,15-16,18,22H,4-5,9-10,13-14H2,1H3,(H,27,30)(H,28,31)(H,32,33)/t18-,22+. The highest BCUT2D eigenvalue weighted by molar-refractivity contribution is 5.98. The molecule has 1 saturated carbocycles. The van der Waals surface area contributed by atoms with Crippen molar-refractivity contribution in [1.82, 2.24) is 15.2 Å². The maximum atomic E-state index is 12.4. The van der Waals surface area contributed by atoms with E-state index in [1.54, 1.807) is 30.3 Å². The first-order valence-electron chi connectivity index (χ1n) is 11.5. The van der Waals surface area contributed by atoms with Crippen LogP contribution in [0.25, 0.3) is 10.9 Å². The number of aliphatic carboxylic acids is 1. The number of carbonyl (C=O) groups excluding carboxylic acids is 2. The van der Waals surface area contributed by atoms with Gasteiger partial charge in [-0.1, -0.05) is 0 Å². The summed E-state index contributed by atoms with van der Waals surface area (Å²) in [6, 6.07) is 14.4. The summed E-state index contributed by atoms with van der Waals surface area (Å²) >= 11 is 0. The minimum Gasteiger partial charge on any atom is -0.490 e. The number of rotatable bonds is 8. The summed E-state index contributed by atoms with van der Waals surface area (Å²) in [7, 11) is 1.96. The molecule has 1 fully saturated rings. The Kier molecular flexibility index (Phi) is 7.15. The normalized spacial score (nSPS) is 17.8. The molecule has 0 aliphatic heterocycles. The predicted octanol–water partition coefficient (Wildman–Crippen LogP) is 3.36. The van der Waals surface area contributed by atoms with Gasteiger partial charge in [0.25, 0.3) is 11.8 Å². The van der Waals surface area contributed by atoms with E-state index in [4.69, 9.17) is 9.84 Å². The number of nitrogens with one attached hydrogen (secondary N) is 2. The lowest BCUT2D eigenvalue weighted by Crippen LogP contribution is -2.34. The molecule has 0 bridgehead atoms. The third kappa shape index (κ3) is 5.57. The largest absolute Gasteiger partial charge is 0.490 e. The molecule has 8 nitrogen and oxygen atoms in total. The maximum Gasteiger partial charge on any atom is 0.306 e. The van der Waals surface area contributed by atoms with Gasteiger partial charge in [-0.05, 0) is 74.2 Å². The van der Waals surface area contributed by atoms with Gasteiger partial charge in [-0.25, -0.2) is 0 Å². The van der Waals surface area contributed by atoms with E-state index in [1.807, 2.05) is 36.0 Å². The SMILES string of the molecule is Cn1ccc2cc(C(=O)NCCNC(=O)c3ccc(O[C@H]4CC[C@@H](C(=O)O)CC4)cc3)ccc21. The molecule has 1 aliphatic carbocycles. The first kappa shape index (κ1) is 23.4. The van der Waals surface area contributed by atoms with Crippen LogP contribution in [0.5, 0.6) is 5.75 Å². The van der Waals surface area contributed by atoms with Gasteiger partial charge in [-0.15, -0.1) is 0 Å². The van der Waals surface area contributed by atoms with Crippen LogP contribution in [0.2, 0.25) is 0 Å². The third-order valence-electron chi connectivity index (χ3n) is 6.29.